The summed E-state index contributed by atoms with van der Waals surface area (Å²) in [5.74, 6) is -1.65. The molecule has 314 valence electrons. The van der Waals surface area contributed by atoms with E-state index < -0.39 is 41.1 Å². The first-order chi connectivity index (χ1) is 29.0. The Morgan fingerprint density at radius 3 is 2.53 bits per heavy atom. The molecule has 4 aromatic carbocycles. The summed E-state index contributed by atoms with van der Waals surface area (Å²) in [6.45, 7) is 0.442. The normalized spacial score (nSPS) is 23.6. The van der Waals surface area contributed by atoms with E-state index in [9.17, 15) is 30.6 Å². The molecule has 6 atom stereocenters. The monoisotopic (exact) mass is 815 g/mol. The molecule has 5 aromatic rings. The number of ketones is 1. The van der Waals surface area contributed by atoms with Crippen LogP contribution in [0.4, 0.5) is 5.69 Å². The predicted molar refractivity (Wildman–Crippen MR) is 229 cm³/mol. The Balaban J connectivity index is 1.31. The van der Waals surface area contributed by atoms with Crippen LogP contribution in [0.25, 0.3) is 10.8 Å². The maximum absolute atomic E-state index is 15.7. The number of rotatable bonds is 9. The van der Waals surface area contributed by atoms with Crippen molar-refractivity contribution in [1.29, 1.82) is 0 Å². The number of fused-ring (bicyclic) bond motifs is 5. The maximum Gasteiger partial charge on any atom is 0.200 e. The molecule has 1 aromatic heterocycles. The SMILES string of the molecule is COc1cc(CC[C@@H](O)[C@H]2C(=O)C[C@H](c3cc(O)c(O)c(OC)c3)CCc3c(ccc4cc(O)ccc34)NC3=CC(=CCN3)[C@@]23CC[C@H](O)[C@H]3Cc2ccc[nH]2)ccc1O. The van der Waals surface area contributed by atoms with Crippen molar-refractivity contribution in [3.8, 4) is 34.5 Å². The molecule has 12 heteroatoms. The standard InChI is InChI=1S/C48H53N3O9/c1-59-43-20-27(5-13-39(43)54)6-14-40(55)46-41(56)22-28(30-23-42(57)47(58)44(24-30)60-2)7-10-35-34-11-9-33(52)21-29(34)8-12-37(35)51-45-25-31(16-19-50-45)48(46)17-15-38(53)36(48)26-32-4-3-18-49-32/h3-5,8-9,11-13,16,18,20-21,23-25,28,36,38,40,46,49-55,57-58H,6-7,10,14-15,17,19,22,26H2,1-2H3/t28-,36-,38+,40-,46+,48-/m1/s1. The number of Topliss-reactive ketones (excluding diaryl/α,β-unsaturated/α-hetero) is 1. The smallest absolute Gasteiger partial charge is 0.200 e. The third-order valence-corrected chi connectivity index (χ3v) is 13.1. The summed E-state index contributed by atoms with van der Waals surface area (Å²) in [6, 6.07) is 21.3. The van der Waals surface area contributed by atoms with E-state index in [0.29, 0.717) is 62.2 Å². The lowest BCUT2D eigenvalue weighted by molar-refractivity contribution is -0.134. The molecule has 1 saturated carbocycles. The number of carbonyl (C=O) groups excluding carboxylic acids is 1. The Morgan fingerprint density at radius 2 is 1.75 bits per heavy atom. The molecule has 1 fully saturated rings. The van der Waals surface area contributed by atoms with E-state index in [0.717, 1.165) is 38.9 Å². The van der Waals surface area contributed by atoms with Crippen molar-refractivity contribution in [1.82, 2.24) is 10.3 Å². The number of phenols is 4. The van der Waals surface area contributed by atoms with E-state index in [1.54, 1.807) is 36.4 Å². The van der Waals surface area contributed by atoms with Crippen LogP contribution in [0, 0.1) is 17.3 Å². The Hall–Kier alpha value is -6.11. The van der Waals surface area contributed by atoms with Gasteiger partial charge in [-0.3, -0.25) is 4.79 Å². The van der Waals surface area contributed by atoms with Crippen LogP contribution in [-0.4, -0.2) is 74.4 Å². The molecule has 8 rings (SSSR count). The highest BCUT2D eigenvalue weighted by Gasteiger charge is 2.58. The molecule has 3 heterocycles. The number of allylic oxidation sites excluding steroid dienone is 2. The van der Waals surface area contributed by atoms with Gasteiger partial charge < -0.3 is 55.7 Å². The number of hydrogen-bond donors (Lipinski definition) is 9. The van der Waals surface area contributed by atoms with Crippen molar-refractivity contribution in [2.45, 2.75) is 69.5 Å². The minimum absolute atomic E-state index is 0.00328. The number of aromatic nitrogens is 1. The average molecular weight is 816 g/mol. The fourth-order valence-electron chi connectivity index (χ4n) is 10.2. The first-order valence-electron chi connectivity index (χ1n) is 20.6. The second-order valence-corrected chi connectivity index (χ2v) is 16.5. The van der Waals surface area contributed by atoms with Crippen LogP contribution in [-0.2, 0) is 24.1 Å². The van der Waals surface area contributed by atoms with Crippen LogP contribution < -0.4 is 20.1 Å². The lowest BCUT2D eigenvalue weighted by atomic mass is 9.57. The average Bonchev–Trinajstić information content (AvgIpc) is 3.88. The van der Waals surface area contributed by atoms with E-state index in [4.69, 9.17) is 9.47 Å². The summed E-state index contributed by atoms with van der Waals surface area (Å²) in [5, 5.41) is 75.9. The van der Waals surface area contributed by atoms with Crippen LogP contribution in [0.15, 0.2) is 103 Å². The highest BCUT2D eigenvalue weighted by Crippen LogP contribution is 2.58. The van der Waals surface area contributed by atoms with Crippen molar-refractivity contribution in [3.05, 3.63) is 125 Å². The number of aliphatic hydroxyl groups is 2. The van der Waals surface area contributed by atoms with Gasteiger partial charge in [-0.2, -0.15) is 0 Å². The zero-order chi connectivity index (χ0) is 42.1. The number of aromatic hydroxyl groups is 4. The van der Waals surface area contributed by atoms with Crippen LogP contribution in [0.3, 0.4) is 0 Å². The lowest BCUT2D eigenvalue weighted by Crippen LogP contribution is -2.50. The molecule has 0 saturated heterocycles. The summed E-state index contributed by atoms with van der Waals surface area (Å²) in [7, 11) is 2.88. The molecule has 0 radical (unpaired) electrons. The maximum atomic E-state index is 15.7. The van der Waals surface area contributed by atoms with Crippen molar-refractivity contribution in [2.75, 3.05) is 26.1 Å². The number of H-pyrrole nitrogens is 1. The summed E-state index contributed by atoms with van der Waals surface area (Å²) in [4.78, 5) is 19.0. The fraction of sp³-hybridized carbons (Fsp3) is 0.354. The topological polar surface area (TPSA) is 197 Å². The van der Waals surface area contributed by atoms with Gasteiger partial charge in [0.2, 0.25) is 5.75 Å². The molecule has 2 aliphatic heterocycles. The van der Waals surface area contributed by atoms with Crippen molar-refractivity contribution in [2.24, 2.45) is 17.3 Å². The van der Waals surface area contributed by atoms with Crippen LogP contribution in [0.5, 0.6) is 34.5 Å². The predicted octanol–water partition coefficient (Wildman–Crippen LogP) is 7.09. The second-order valence-electron chi connectivity index (χ2n) is 16.5. The number of anilines is 1. The van der Waals surface area contributed by atoms with Gasteiger partial charge >= 0.3 is 0 Å². The van der Waals surface area contributed by atoms with Gasteiger partial charge in [0.1, 0.15) is 17.4 Å². The van der Waals surface area contributed by atoms with E-state index >= 15 is 4.79 Å². The minimum Gasteiger partial charge on any atom is -0.508 e. The van der Waals surface area contributed by atoms with Gasteiger partial charge in [0.15, 0.2) is 23.0 Å². The molecule has 1 aliphatic carbocycles. The number of ether oxygens (including phenoxy) is 2. The van der Waals surface area contributed by atoms with E-state index in [2.05, 4.69) is 21.7 Å². The van der Waals surface area contributed by atoms with Crippen molar-refractivity contribution >= 4 is 22.2 Å². The quantitative estimate of drug-likeness (QED) is 0.0689. The zero-order valence-corrected chi connectivity index (χ0v) is 33.8. The third-order valence-electron chi connectivity index (χ3n) is 13.1. The number of nitrogens with one attached hydrogen (secondary N) is 3. The molecular formula is C48H53N3O9. The van der Waals surface area contributed by atoms with Gasteiger partial charge in [-0.15, -0.1) is 0 Å². The van der Waals surface area contributed by atoms with Crippen LogP contribution in [0.2, 0.25) is 0 Å². The van der Waals surface area contributed by atoms with Gasteiger partial charge in [0.05, 0.1) is 32.3 Å². The number of aryl methyl sites for hydroxylation is 2. The number of benzene rings is 4. The molecule has 60 heavy (non-hydrogen) atoms. The third kappa shape index (κ3) is 7.73. The number of hydrogen-bond acceptors (Lipinski definition) is 11. The Kier molecular flexibility index (Phi) is 11.4. The van der Waals surface area contributed by atoms with Crippen LogP contribution >= 0.6 is 0 Å². The summed E-state index contributed by atoms with van der Waals surface area (Å²) in [5.41, 5.74) is 3.97. The number of aliphatic hydroxyl groups excluding tert-OH is 2. The summed E-state index contributed by atoms with van der Waals surface area (Å²) in [6.07, 6.45) is 6.82. The molecule has 12 nitrogen and oxygen atoms in total. The first kappa shape index (κ1) is 40.7. The Labute approximate surface area is 348 Å². The van der Waals surface area contributed by atoms with E-state index in [1.165, 1.54) is 20.3 Å². The number of carbonyl (C=O) groups is 1. The van der Waals surface area contributed by atoms with E-state index in [-0.39, 0.29) is 41.6 Å². The molecular weight excluding hydrogens is 763 g/mol. The highest BCUT2D eigenvalue weighted by atomic mass is 16.5. The highest BCUT2D eigenvalue weighted by molar-refractivity contribution is 5.91. The van der Waals surface area contributed by atoms with Crippen LogP contribution in [0.1, 0.15) is 60.4 Å². The Morgan fingerprint density at radius 1 is 0.917 bits per heavy atom. The van der Waals surface area contributed by atoms with Gasteiger partial charge in [-0.1, -0.05) is 24.3 Å². The number of phenolic OH excluding ortho intramolecular Hbond substituents is 4. The van der Waals surface area contributed by atoms with Gasteiger partial charge in [0, 0.05) is 41.9 Å². The fourth-order valence-corrected chi connectivity index (χ4v) is 10.2. The summed E-state index contributed by atoms with van der Waals surface area (Å²) >= 11 is 0. The van der Waals surface area contributed by atoms with Gasteiger partial charge in [-0.25, -0.2) is 0 Å². The Bertz CT molecular complexity index is 2440. The first-order valence-corrected chi connectivity index (χ1v) is 20.6. The molecule has 1 spiro atoms. The number of aromatic amines is 1. The lowest BCUT2D eigenvalue weighted by Gasteiger charge is -2.46. The number of methoxy groups -OCH3 is 2. The summed E-state index contributed by atoms with van der Waals surface area (Å²) < 4.78 is 10.8. The van der Waals surface area contributed by atoms with Gasteiger partial charge in [0.25, 0.3) is 0 Å². The molecule has 0 unspecified atom stereocenters. The molecule has 9 N–H and O–H groups in total. The largest absolute Gasteiger partial charge is 0.508 e. The van der Waals surface area contributed by atoms with Gasteiger partial charge in [-0.05, 0) is 145 Å². The zero-order valence-electron chi connectivity index (χ0n) is 33.8. The molecule has 3 aliphatic rings. The van der Waals surface area contributed by atoms with E-state index in [1.807, 2.05) is 42.6 Å². The minimum atomic E-state index is -1.16. The van der Waals surface area contributed by atoms with Crippen molar-refractivity contribution < 1.29 is 44.9 Å². The van der Waals surface area contributed by atoms with Crippen molar-refractivity contribution in [3.63, 3.8) is 0 Å². The molecule has 0 amide bonds. The second kappa shape index (κ2) is 16.9. The molecule has 2 bridgehead atoms. The number of dihydropyridines is 1.